The van der Waals surface area contributed by atoms with Crippen LogP contribution in [-0.2, 0) is 6.54 Å². The fraction of sp³-hybridized carbons (Fsp3) is 0.238. The molecule has 2 aliphatic heterocycles. The van der Waals surface area contributed by atoms with E-state index < -0.39 is 0 Å². The summed E-state index contributed by atoms with van der Waals surface area (Å²) in [5.74, 6) is 1.57. The summed E-state index contributed by atoms with van der Waals surface area (Å²) < 4.78 is 20.6. The van der Waals surface area contributed by atoms with Crippen LogP contribution in [0.25, 0.3) is 0 Å². The maximum atomic E-state index is 13.1. The van der Waals surface area contributed by atoms with Crippen molar-refractivity contribution >= 4 is 28.9 Å². The zero-order valence-corrected chi connectivity index (χ0v) is 16.4. The van der Waals surface area contributed by atoms with Gasteiger partial charge in [0.05, 0.1) is 18.2 Å². The van der Waals surface area contributed by atoms with Crippen LogP contribution in [0, 0.1) is 11.7 Å². The number of halogens is 1. The van der Waals surface area contributed by atoms with Crippen molar-refractivity contribution in [2.24, 2.45) is 5.92 Å². The first-order valence-electron chi connectivity index (χ1n) is 8.98. The fourth-order valence-electron chi connectivity index (χ4n) is 3.86. The lowest BCUT2D eigenvalue weighted by atomic mass is 9.84. The molecule has 0 aliphatic carbocycles. The van der Waals surface area contributed by atoms with E-state index in [1.54, 1.807) is 16.3 Å². The van der Waals surface area contributed by atoms with Crippen molar-refractivity contribution in [1.82, 2.24) is 4.57 Å². The molecule has 0 fully saturated rings. The van der Waals surface area contributed by atoms with Gasteiger partial charge in [0.25, 0.3) is 0 Å². The topological polar surface area (TPSA) is 48.3 Å². The summed E-state index contributed by atoms with van der Waals surface area (Å²) in [4.78, 5) is 26.3. The number of carbonyl (C=O) groups excluding carboxylic acids is 1. The highest BCUT2D eigenvalue weighted by Crippen LogP contribution is 2.50. The van der Waals surface area contributed by atoms with Gasteiger partial charge in [-0.3, -0.25) is 14.2 Å². The summed E-state index contributed by atoms with van der Waals surface area (Å²) in [5.41, 5.74) is 1.52. The molecule has 0 radical (unpaired) electrons. The third-order valence-electron chi connectivity index (χ3n) is 5.24. The molecule has 4 nitrogen and oxygen atoms in total. The SMILES string of the molecule is O=C(Cn1c2c(sc1=O)[C@H]1c3ccccc3OC[C@@H]1CS2)c1ccc(F)cc1. The number of hydrogen-bond donors (Lipinski definition) is 0. The maximum absolute atomic E-state index is 13.1. The van der Waals surface area contributed by atoms with Gasteiger partial charge < -0.3 is 4.74 Å². The number of hydrogen-bond acceptors (Lipinski definition) is 5. The zero-order chi connectivity index (χ0) is 19.3. The number of ether oxygens (including phenoxy) is 1. The second-order valence-corrected chi connectivity index (χ2v) is 8.95. The van der Waals surface area contributed by atoms with Crippen molar-refractivity contribution in [1.29, 1.82) is 0 Å². The Morgan fingerprint density at radius 2 is 1.96 bits per heavy atom. The van der Waals surface area contributed by atoms with Crippen LogP contribution in [-0.4, -0.2) is 22.7 Å². The van der Waals surface area contributed by atoms with Crippen molar-refractivity contribution in [3.05, 3.63) is 80.0 Å². The Balaban J connectivity index is 1.53. The summed E-state index contributed by atoms with van der Waals surface area (Å²) in [5, 5.41) is 0.878. The van der Waals surface area contributed by atoms with E-state index in [1.165, 1.54) is 35.6 Å². The minimum atomic E-state index is -0.388. The normalized spacial score (nSPS) is 19.9. The van der Waals surface area contributed by atoms with Crippen LogP contribution < -0.4 is 9.61 Å². The van der Waals surface area contributed by atoms with Crippen molar-refractivity contribution in [2.75, 3.05) is 12.4 Å². The first kappa shape index (κ1) is 17.7. The number of carbonyl (C=O) groups is 1. The van der Waals surface area contributed by atoms with Gasteiger partial charge in [0.2, 0.25) is 0 Å². The summed E-state index contributed by atoms with van der Waals surface area (Å²) in [7, 11) is 0. The molecule has 0 unspecified atom stereocenters. The van der Waals surface area contributed by atoms with E-state index in [2.05, 4.69) is 6.07 Å². The van der Waals surface area contributed by atoms with Crippen LogP contribution in [0.3, 0.4) is 0 Å². The summed E-state index contributed by atoms with van der Waals surface area (Å²) in [6.07, 6.45) is 0. The second kappa shape index (κ2) is 6.90. The maximum Gasteiger partial charge on any atom is 0.308 e. The summed E-state index contributed by atoms with van der Waals surface area (Å²) in [6, 6.07) is 13.4. The van der Waals surface area contributed by atoms with Crippen LogP contribution in [0.5, 0.6) is 5.75 Å². The quantitative estimate of drug-likeness (QED) is 0.605. The van der Waals surface area contributed by atoms with Gasteiger partial charge in [-0.15, -0.1) is 11.8 Å². The minimum absolute atomic E-state index is 0.0289. The van der Waals surface area contributed by atoms with Crippen molar-refractivity contribution in [2.45, 2.75) is 17.5 Å². The van der Waals surface area contributed by atoms with Gasteiger partial charge in [0, 0.05) is 33.6 Å². The number of benzene rings is 2. The zero-order valence-electron chi connectivity index (χ0n) is 14.8. The molecule has 0 N–H and O–H groups in total. The lowest BCUT2D eigenvalue weighted by molar-refractivity contribution is 0.0968. The van der Waals surface area contributed by atoms with Gasteiger partial charge in [-0.25, -0.2) is 4.39 Å². The van der Waals surface area contributed by atoms with E-state index in [9.17, 15) is 14.0 Å². The van der Waals surface area contributed by atoms with Gasteiger partial charge >= 0.3 is 4.87 Å². The monoisotopic (exact) mass is 413 g/mol. The Morgan fingerprint density at radius 3 is 2.79 bits per heavy atom. The molecule has 2 aromatic carbocycles. The molecule has 0 spiro atoms. The Kier molecular flexibility index (Phi) is 4.36. The molecule has 2 atom stereocenters. The van der Waals surface area contributed by atoms with E-state index in [4.69, 9.17) is 4.74 Å². The standard InChI is InChI=1S/C21H16FNO3S2/c22-14-7-5-12(6-8-14)16(24)9-23-20-19(28-21(23)25)18-13(11-27-20)10-26-17-4-2-1-3-15(17)18/h1-8,13,18H,9-11H2/t13-,18-/m1/s1. The Bertz CT molecular complexity index is 1120. The molecular weight excluding hydrogens is 397 g/mol. The first-order valence-corrected chi connectivity index (χ1v) is 10.8. The van der Waals surface area contributed by atoms with E-state index in [0.717, 1.165) is 27.0 Å². The van der Waals surface area contributed by atoms with Gasteiger partial charge in [-0.2, -0.15) is 0 Å². The number of Topliss-reactive ketones (excluding diaryl/α,β-unsaturated/α-hetero) is 1. The largest absolute Gasteiger partial charge is 0.493 e. The van der Waals surface area contributed by atoms with Gasteiger partial charge in [0.15, 0.2) is 5.78 Å². The third-order valence-corrected chi connectivity index (χ3v) is 7.74. The molecule has 0 amide bonds. The number of thiazole rings is 1. The highest BCUT2D eigenvalue weighted by atomic mass is 32.2. The number of thioether (sulfide) groups is 1. The number of para-hydroxylation sites is 1. The highest BCUT2D eigenvalue weighted by molar-refractivity contribution is 7.99. The molecule has 142 valence electrons. The second-order valence-electron chi connectivity index (χ2n) is 6.95. The molecule has 0 saturated carbocycles. The van der Waals surface area contributed by atoms with Crippen LogP contribution in [0.4, 0.5) is 4.39 Å². The van der Waals surface area contributed by atoms with E-state index in [1.807, 2.05) is 18.2 Å². The molecule has 7 heteroatoms. The number of ketones is 1. The van der Waals surface area contributed by atoms with Crippen LogP contribution in [0.2, 0.25) is 0 Å². The van der Waals surface area contributed by atoms with Crippen LogP contribution in [0.15, 0.2) is 58.4 Å². The smallest absolute Gasteiger partial charge is 0.308 e. The average Bonchev–Trinajstić information content (AvgIpc) is 3.03. The molecule has 2 aliphatic rings. The van der Waals surface area contributed by atoms with Crippen molar-refractivity contribution < 1.29 is 13.9 Å². The van der Waals surface area contributed by atoms with Crippen LogP contribution >= 0.6 is 23.1 Å². The summed E-state index contributed by atoms with van der Waals surface area (Å²) in [6.45, 7) is 0.605. The van der Waals surface area contributed by atoms with Crippen molar-refractivity contribution in [3.63, 3.8) is 0 Å². The number of aromatic nitrogens is 1. The van der Waals surface area contributed by atoms with E-state index in [0.29, 0.717) is 18.1 Å². The van der Waals surface area contributed by atoms with Gasteiger partial charge in [-0.05, 0) is 30.3 Å². The van der Waals surface area contributed by atoms with Gasteiger partial charge in [-0.1, -0.05) is 29.5 Å². The van der Waals surface area contributed by atoms with E-state index >= 15 is 0 Å². The number of nitrogens with zero attached hydrogens (tertiary/aromatic N) is 1. The van der Waals surface area contributed by atoms with E-state index in [-0.39, 0.29) is 28.9 Å². The molecule has 1 aromatic heterocycles. The predicted octanol–water partition coefficient (Wildman–Crippen LogP) is 4.18. The first-order chi connectivity index (χ1) is 13.6. The molecule has 3 aromatic rings. The molecule has 3 heterocycles. The molecular formula is C21H16FNO3S2. The Labute approximate surface area is 169 Å². The molecule has 0 saturated heterocycles. The van der Waals surface area contributed by atoms with Crippen molar-refractivity contribution in [3.8, 4) is 5.75 Å². The average molecular weight is 413 g/mol. The highest BCUT2D eigenvalue weighted by Gasteiger charge is 2.39. The number of fused-ring (bicyclic) bond motifs is 5. The predicted molar refractivity (Wildman–Crippen MR) is 107 cm³/mol. The minimum Gasteiger partial charge on any atom is -0.493 e. The molecule has 5 rings (SSSR count). The lowest BCUT2D eigenvalue weighted by Crippen LogP contribution is -2.31. The Morgan fingerprint density at radius 1 is 1.18 bits per heavy atom. The Hall–Kier alpha value is -2.38. The molecule has 0 bridgehead atoms. The fourth-order valence-corrected chi connectivity index (χ4v) is 6.55. The summed E-state index contributed by atoms with van der Waals surface area (Å²) >= 11 is 2.84. The third kappa shape index (κ3) is 2.89. The van der Waals surface area contributed by atoms with Gasteiger partial charge in [0.1, 0.15) is 11.6 Å². The lowest BCUT2D eigenvalue weighted by Gasteiger charge is -2.36. The van der Waals surface area contributed by atoms with Crippen LogP contribution in [0.1, 0.15) is 26.7 Å². The molecule has 28 heavy (non-hydrogen) atoms. The number of rotatable bonds is 3.